The first kappa shape index (κ1) is 9.40. The van der Waals surface area contributed by atoms with Crippen molar-refractivity contribution in [2.24, 2.45) is 0 Å². The molecule has 54 valence electrons. The molecule has 1 rings (SSSR count). The predicted octanol–water partition coefficient (Wildman–Crippen LogP) is 1.48. The lowest BCUT2D eigenvalue weighted by Gasteiger charge is -2.02. The highest BCUT2D eigenvalue weighted by Gasteiger charge is 2.25. The average Bonchev–Trinajstić information content (AvgIpc) is 1.85. The predicted molar refractivity (Wildman–Crippen MR) is 41.9 cm³/mol. The second-order valence-corrected chi connectivity index (χ2v) is 3.72. The van der Waals surface area contributed by atoms with Crippen molar-refractivity contribution >= 4 is 41.9 Å². The number of hydrogen-bond acceptors (Lipinski definition) is 2. The quantitative estimate of drug-likeness (QED) is 0.424. The van der Waals surface area contributed by atoms with E-state index in [4.69, 9.17) is 11.6 Å². The molecule has 9 heavy (non-hydrogen) atoms. The first-order valence-electron chi connectivity index (χ1n) is 2.27. The first-order chi connectivity index (χ1) is 3.70. The largest absolute Gasteiger partial charge is 0.288 e. The summed E-state index contributed by atoms with van der Waals surface area (Å²) in [6.45, 7) is 0. The standard InChI is InChI=1S/C4H6ClNOS.ClH/c1-6-4(7)2-3(5)8-6;/h3H,2H2,1H3;1H. The maximum Gasteiger partial charge on any atom is 0.234 e. The second-order valence-electron chi connectivity index (χ2n) is 1.61. The molecule has 0 aromatic rings. The summed E-state index contributed by atoms with van der Waals surface area (Å²) in [4.78, 5) is 10.6. The lowest BCUT2D eigenvalue weighted by atomic mass is 10.5. The molecule has 1 saturated heterocycles. The van der Waals surface area contributed by atoms with Crippen LogP contribution in [0.25, 0.3) is 0 Å². The van der Waals surface area contributed by atoms with Gasteiger partial charge < -0.3 is 0 Å². The highest BCUT2D eigenvalue weighted by molar-refractivity contribution is 7.99. The number of hydrogen-bond donors (Lipinski definition) is 0. The molecule has 0 N–H and O–H groups in total. The minimum Gasteiger partial charge on any atom is -0.288 e. The van der Waals surface area contributed by atoms with Crippen molar-refractivity contribution in [2.45, 2.75) is 11.1 Å². The van der Waals surface area contributed by atoms with E-state index >= 15 is 0 Å². The zero-order valence-corrected chi connectivity index (χ0v) is 7.22. The van der Waals surface area contributed by atoms with Gasteiger partial charge in [-0.3, -0.25) is 9.10 Å². The van der Waals surface area contributed by atoms with Crippen molar-refractivity contribution in [3.8, 4) is 0 Å². The van der Waals surface area contributed by atoms with Crippen LogP contribution in [0.2, 0.25) is 0 Å². The van der Waals surface area contributed by atoms with Gasteiger partial charge in [0, 0.05) is 7.05 Å². The van der Waals surface area contributed by atoms with Crippen molar-refractivity contribution in [1.29, 1.82) is 0 Å². The molecule has 1 fully saturated rings. The van der Waals surface area contributed by atoms with Gasteiger partial charge in [0.15, 0.2) is 0 Å². The SMILES string of the molecule is CN1SC(Cl)CC1=O.Cl. The van der Waals surface area contributed by atoms with Crippen LogP contribution in [-0.4, -0.2) is 22.0 Å². The van der Waals surface area contributed by atoms with Crippen LogP contribution in [-0.2, 0) is 4.79 Å². The average molecular weight is 188 g/mol. The Morgan fingerprint density at radius 3 is 2.56 bits per heavy atom. The molecule has 1 aliphatic rings. The van der Waals surface area contributed by atoms with Crippen molar-refractivity contribution in [1.82, 2.24) is 4.31 Å². The molecule has 1 aliphatic heterocycles. The maximum atomic E-state index is 10.6. The Hall–Kier alpha value is 0.400. The van der Waals surface area contributed by atoms with Gasteiger partial charge >= 0.3 is 0 Å². The van der Waals surface area contributed by atoms with Gasteiger partial charge in [-0.05, 0) is 11.9 Å². The van der Waals surface area contributed by atoms with Gasteiger partial charge in [0.05, 0.1) is 6.42 Å². The van der Waals surface area contributed by atoms with Gasteiger partial charge in [0.25, 0.3) is 0 Å². The van der Waals surface area contributed by atoms with Gasteiger partial charge in [-0.1, -0.05) is 0 Å². The fourth-order valence-corrected chi connectivity index (χ4v) is 1.78. The molecule has 0 saturated carbocycles. The van der Waals surface area contributed by atoms with E-state index < -0.39 is 0 Å². The van der Waals surface area contributed by atoms with E-state index in [1.165, 1.54) is 11.9 Å². The fraction of sp³-hybridized carbons (Fsp3) is 0.750. The highest BCUT2D eigenvalue weighted by Crippen LogP contribution is 2.29. The van der Waals surface area contributed by atoms with Gasteiger partial charge in [-0.15, -0.1) is 24.0 Å². The number of alkyl halides is 1. The normalized spacial score (nSPS) is 26.2. The molecule has 1 amide bonds. The Morgan fingerprint density at radius 1 is 1.89 bits per heavy atom. The Labute approximate surface area is 69.5 Å². The zero-order valence-electron chi connectivity index (χ0n) is 4.83. The van der Waals surface area contributed by atoms with Gasteiger partial charge in [0.2, 0.25) is 5.91 Å². The summed E-state index contributed by atoms with van der Waals surface area (Å²) in [6.07, 6.45) is 0.475. The minimum absolute atomic E-state index is 0. The van der Waals surface area contributed by atoms with E-state index in [9.17, 15) is 4.79 Å². The number of amides is 1. The summed E-state index contributed by atoms with van der Waals surface area (Å²) >= 11 is 6.98. The minimum atomic E-state index is -0.0347. The summed E-state index contributed by atoms with van der Waals surface area (Å²) in [6, 6.07) is 0. The summed E-state index contributed by atoms with van der Waals surface area (Å²) in [5, 5.41) is 0. The topological polar surface area (TPSA) is 20.3 Å². The number of nitrogens with zero attached hydrogens (tertiary/aromatic N) is 1. The second kappa shape index (κ2) is 3.54. The Kier molecular flexibility index (Phi) is 3.70. The number of halogens is 2. The summed E-state index contributed by atoms with van der Waals surface area (Å²) < 4.78 is 1.53. The molecular weight excluding hydrogens is 181 g/mol. The lowest BCUT2D eigenvalue weighted by Crippen LogP contribution is -2.10. The maximum absolute atomic E-state index is 10.6. The summed E-state index contributed by atoms with van der Waals surface area (Å²) in [5.41, 5.74) is 0. The monoisotopic (exact) mass is 187 g/mol. The van der Waals surface area contributed by atoms with Crippen LogP contribution < -0.4 is 0 Å². The molecule has 0 aromatic heterocycles. The van der Waals surface area contributed by atoms with Crippen molar-refractivity contribution in [3.63, 3.8) is 0 Å². The highest BCUT2D eigenvalue weighted by atomic mass is 35.5. The van der Waals surface area contributed by atoms with E-state index in [2.05, 4.69) is 0 Å². The Bertz CT molecular complexity index is 121. The van der Waals surface area contributed by atoms with Crippen LogP contribution >= 0.6 is 36.0 Å². The number of carbonyl (C=O) groups is 1. The fourth-order valence-electron chi connectivity index (χ4n) is 0.533. The third-order valence-electron chi connectivity index (χ3n) is 0.959. The number of carbonyl (C=O) groups excluding carboxylic acids is 1. The third-order valence-corrected chi connectivity index (χ3v) is 2.27. The van der Waals surface area contributed by atoms with Gasteiger partial charge in [0.1, 0.15) is 4.71 Å². The Balaban J connectivity index is 0.000000640. The van der Waals surface area contributed by atoms with Crippen molar-refractivity contribution in [2.75, 3.05) is 7.05 Å². The molecule has 0 aliphatic carbocycles. The third kappa shape index (κ3) is 2.24. The summed E-state index contributed by atoms with van der Waals surface area (Å²) in [7, 11) is 1.73. The van der Waals surface area contributed by atoms with E-state index in [1.807, 2.05) is 0 Å². The molecule has 0 spiro atoms. The van der Waals surface area contributed by atoms with E-state index in [-0.39, 0.29) is 23.0 Å². The Morgan fingerprint density at radius 2 is 2.44 bits per heavy atom. The number of rotatable bonds is 0. The van der Waals surface area contributed by atoms with Crippen LogP contribution in [0.1, 0.15) is 6.42 Å². The molecular formula is C4H7Cl2NOS. The zero-order chi connectivity index (χ0) is 6.15. The molecule has 2 nitrogen and oxygen atoms in total. The van der Waals surface area contributed by atoms with Crippen molar-refractivity contribution in [3.05, 3.63) is 0 Å². The summed E-state index contributed by atoms with van der Waals surface area (Å²) in [5.74, 6) is 0.120. The van der Waals surface area contributed by atoms with Crippen LogP contribution in [0.15, 0.2) is 0 Å². The molecule has 0 aromatic carbocycles. The molecule has 1 unspecified atom stereocenters. The van der Waals surface area contributed by atoms with Crippen LogP contribution in [0.3, 0.4) is 0 Å². The van der Waals surface area contributed by atoms with Crippen LogP contribution in [0.4, 0.5) is 0 Å². The molecule has 1 atom stereocenters. The molecule has 0 bridgehead atoms. The smallest absolute Gasteiger partial charge is 0.234 e. The van der Waals surface area contributed by atoms with Crippen LogP contribution in [0, 0.1) is 0 Å². The van der Waals surface area contributed by atoms with Gasteiger partial charge in [-0.25, -0.2) is 0 Å². The van der Waals surface area contributed by atoms with Crippen LogP contribution in [0.5, 0.6) is 0 Å². The first-order valence-corrected chi connectivity index (χ1v) is 3.55. The van der Waals surface area contributed by atoms with Gasteiger partial charge in [-0.2, -0.15) is 0 Å². The molecule has 1 heterocycles. The molecule has 0 radical (unpaired) electrons. The lowest BCUT2D eigenvalue weighted by molar-refractivity contribution is -0.124. The molecule has 5 heteroatoms. The van der Waals surface area contributed by atoms with Crippen molar-refractivity contribution < 1.29 is 4.79 Å². The van der Waals surface area contributed by atoms with E-state index in [0.717, 1.165) is 0 Å². The van der Waals surface area contributed by atoms with E-state index in [0.29, 0.717) is 6.42 Å². The van der Waals surface area contributed by atoms with E-state index in [1.54, 1.807) is 11.4 Å².